The predicted octanol–water partition coefficient (Wildman–Crippen LogP) is 2.82. The molecule has 0 atom stereocenters. The zero-order chi connectivity index (χ0) is 15.2. The summed E-state index contributed by atoms with van der Waals surface area (Å²) in [6.45, 7) is 5.23. The first-order valence-electron chi connectivity index (χ1n) is 7.58. The lowest BCUT2D eigenvalue weighted by molar-refractivity contribution is 0.0668. The fourth-order valence-corrected chi connectivity index (χ4v) is 2.65. The molecule has 1 amide bonds. The molecule has 1 heterocycles. The summed E-state index contributed by atoms with van der Waals surface area (Å²) < 4.78 is 0. The molecular formula is C17H23N3O. The number of rotatable bonds is 6. The molecular weight excluding hydrogens is 262 g/mol. The van der Waals surface area contributed by atoms with Crippen LogP contribution in [-0.2, 0) is 0 Å². The molecule has 2 aromatic rings. The zero-order valence-electron chi connectivity index (χ0n) is 12.7. The Hall–Kier alpha value is -1.94. The number of benzene rings is 1. The summed E-state index contributed by atoms with van der Waals surface area (Å²) in [5.74, 6) is -0.0279. The molecule has 4 nitrogen and oxygen atoms in total. The van der Waals surface area contributed by atoms with E-state index in [-0.39, 0.29) is 11.9 Å². The van der Waals surface area contributed by atoms with Crippen molar-refractivity contribution in [2.45, 2.75) is 32.7 Å². The summed E-state index contributed by atoms with van der Waals surface area (Å²) in [5, 5.41) is 1.04. The van der Waals surface area contributed by atoms with Crippen LogP contribution in [0.5, 0.6) is 0 Å². The molecule has 2 N–H and O–H groups in total. The molecule has 0 aliphatic carbocycles. The molecule has 0 unspecified atom stereocenters. The number of fused-ring (bicyclic) bond motifs is 1. The van der Waals surface area contributed by atoms with Crippen LogP contribution in [0.2, 0.25) is 0 Å². The lowest BCUT2D eigenvalue weighted by Gasteiger charge is -2.30. The van der Waals surface area contributed by atoms with Gasteiger partial charge in [-0.25, -0.2) is 4.98 Å². The Kier molecular flexibility index (Phi) is 5.28. The molecule has 0 aliphatic rings. The summed E-state index contributed by atoms with van der Waals surface area (Å²) in [4.78, 5) is 19.1. The molecule has 0 fully saturated rings. The van der Waals surface area contributed by atoms with E-state index >= 15 is 0 Å². The van der Waals surface area contributed by atoms with Gasteiger partial charge in [0.2, 0.25) is 0 Å². The topological polar surface area (TPSA) is 59.2 Å². The minimum Gasteiger partial charge on any atom is -0.333 e. The Morgan fingerprint density at radius 3 is 2.57 bits per heavy atom. The third kappa shape index (κ3) is 3.39. The number of nitrogens with zero attached hydrogens (tertiary/aromatic N) is 2. The smallest absolute Gasteiger partial charge is 0.272 e. The van der Waals surface area contributed by atoms with E-state index < -0.39 is 0 Å². The van der Waals surface area contributed by atoms with E-state index in [9.17, 15) is 4.79 Å². The average molecular weight is 285 g/mol. The molecule has 0 spiro atoms. The van der Waals surface area contributed by atoms with Gasteiger partial charge in [-0.3, -0.25) is 4.79 Å². The van der Waals surface area contributed by atoms with Crippen molar-refractivity contribution in [1.29, 1.82) is 0 Å². The summed E-state index contributed by atoms with van der Waals surface area (Å²) in [5.41, 5.74) is 7.01. The third-order valence-electron chi connectivity index (χ3n) is 3.83. The number of para-hydroxylation sites is 1. The second kappa shape index (κ2) is 7.18. The average Bonchev–Trinajstić information content (AvgIpc) is 2.54. The van der Waals surface area contributed by atoms with E-state index in [0.717, 1.165) is 23.7 Å². The second-order valence-electron chi connectivity index (χ2n) is 5.15. The van der Waals surface area contributed by atoms with Gasteiger partial charge in [0.05, 0.1) is 5.52 Å². The van der Waals surface area contributed by atoms with E-state index in [4.69, 9.17) is 5.73 Å². The zero-order valence-corrected chi connectivity index (χ0v) is 12.7. The van der Waals surface area contributed by atoms with Crippen LogP contribution in [0.25, 0.3) is 10.9 Å². The van der Waals surface area contributed by atoms with Crippen LogP contribution in [0.1, 0.15) is 37.2 Å². The number of nitrogens with two attached hydrogens (primary N) is 1. The maximum Gasteiger partial charge on any atom is 0.272 e. The Labute approximate surface area is 126 Å². The Morgan fingerprint density at radius 1 is 1.19 bits per heavy atom. The monoisotopic (exact) mass is 285 g/mol. The maximum atomic E-state index is 12.7. The van der Waals surface area contributed by atoms with Gasteiger partial charge in [0.15, 0.2) is 0 Å². The fourth-order valence-electron chi connectivity index (χ4n) is 2.65. The molecule has 0 aliphatic heterocycles. The summed E-state index contributed by atoms with van der Waals surface area (Å²) in [6.07, 6.45) is 1.85. The van der Waals surface area contributed by atoms with Crippen LogP contribution in [0.3, 0.4) is 0 Å². The number of amides is 1. The third-order valence-corrected chi connectivity index (χ3v) is 3.83. The van der Waals surface area contributed by atoms with Crippen molar-refractivity contribution in [3.8, 4) is 0 Å². The molecule has 0 bridgehead atoms. The Morgan fingerprint density at radius 2 is 1.90 bits per heavy atom. The van der Waals surface area contributed by atoms with Gasteiger partial charge in [0, 0.05) is 24.5 Å². The predicted molar refractivity (Wildman–Crippen MR) is 86.2 cm³/mol. The van der Waals surface area contributed by atoms with Crippen molar-refractivity contribution in [3.63, 3.8) is 0 Å². The fraction of sp³-hybridized carbons (Fsp3) is 0.412. The van der Waals surface area contributed by atoms with Crippen LogP contribution >= 0.6 is 0 Å². The highest BCUT2D eigenvalue weighted by Crippen LogP contribution is 2.16. The highest BCUT2D eigenvalue weighted by atomic mass is 16.2. The molecule has 112 valence electrons. The number of hydrogen-bond donors (Lipinski definition) is 1. The van der Waals surface area contributed by atoms with Gasteiger partial charge in [0.1, 0.15) is 5.69 Å². The number of hydrogen-bond acceptors (Lipinski definition) is 3. The van der Waals surface area contributed by atoms with Crippen molar-refractivity contribution in [1.82, 2.24) is 9.88 Å². The number of carbonyl (C=O) groups excluding carboxylic acids is 1. The van der Waals surface area contributed by atoms with Crippen LogP contribution in [0.4, 0.5) is 0 Å². The molecule has 0 radical (unpaired) electrons. The van der Waals surface area contributed by atoms with Gasteiger partial charge >= 0.3 is 0 Å². The van der Waals surface area contributed by atoms with Crippen LogP contribution in [-0.4, -0.2) is 34.9 Å². The highest BCUT2D eigenvalue weighted by Gasteiger charge is 2.22. The number of aromatic nitrogens is 1. The standard InChI is InChI=1S/C17H23N3O/c1-3-14(4-2)20(12-11-18)17(21)16-10-9-13-7-5-6-8-15(13)19-16/h5-10,14H,3-4,11-12,18H2,1-2H3. The normalized spacial score (nSPS) is 11.0. The minimum absolute atomic E-state index is 0.0279. The lowest BCUT2D eigenvalue weighted by atomic mass is 10.1. The highest BCUT2D eigenvalue weighted by molar-refractivity contribution is 5.95. The van der Waals surface area contributed by atoms with Crippen molar-refractivity contribution >= 4 is 16.8 Å². The van der Waals surface area contributed by atoms with Crippen molar-refractivity contribution < 1.29 is 4.79 Å². The van der Waals surface area contributed by atoms with E-state index in [0.29, 0.717) is 18.8 Å². The largest absolute Gasteiger partial charge is 0.333 e. The van der Waals surface area contributed by atoms with Crippen molar-refractivity contribution in [2.24, 2.45) is 5.73 Å². The minimum atomic E-state index is -0.0279. The molecule has 0 saturated heterocycles. The van der Waals surface area contributed by atoms with Gasteiger partial charge in [-0.15, -0.1) is 0 Å². The summed E-state index contributed by atoms with van der Waals surface area (Å²) in [7, 11) is 0. The van der Waals surface area contributed by atoms with Crippen LogP contribution < -0.4 is 5.73 Å². The van der Waals surface area contributed by atoms with Gasteiger partial charge in [-0.1, -0.05) is 38.1 Å². The van der Waals surface area contributed by atoms with Crippen LogP contribution in [0, 0.1) is 0 Å². The SMILES string of the molecule is CCC(CC)N(CCN)C(=O)c1ccc2ccccc2n1. The Bertz CT molecular complexity index is 608. The molecule has 0 saturated carbocycles. The van der Waals surface area contributed by atoms with E-state index in [1.54, 1.807) is 6.07 Å². The van der Waals surface area contributed by atoms with E-state index in [2.05, 4.69) is 18.8 Å². The molecule has 1 aromatic heterocycles. The number of pyridine rings is 1. The molecule has 4 heteroatoms. The first-order valence-corrected chi connectivity index (χ1v) is 7.58. The maximum absolute atomic E-state index is 12.7. The Balaban J connectivity index is 2.33. The van der Waals surface area contributed by atoms with Crippen LogP contribution in [0.15, 0.2) is 36.4 Å². The van der Waals surface area contributed by atoms with E-state index in [1.165, 1.54) is 0 Å². The molecule has 21 heavy (non-hydrogen) atoms. The van der Waals surface area contributed by atoms with Crippen molar-refractivity contribution in [3.05, 3.63) is 42.1 Å². The summed E-state index contributed by atoms with van der Waals surface area (Å²) in [6, 6.07) is 11.8. The van der Waals surface area contributed by atoms with Gasteiger partial charge in [-0.2, -0.15) is 0 Å². The van der Waals surface area contributed by atoms with Gasteiger partial charge < -0.3 is 10.6 Å². The lowest BCUT2D eigenvalue weighted by Crippen LogP contribution is -2.43. The number of carbonyl (C=O) groups is 1. The second-order valence-corrected chi connectivity index (χ2v) is 5.15. The first kappa shape index (κ1) is 15.4. The summed E-state index contributed by atoms with van der Waals surface area (Å²) >= 11 is 0. The van der Waals surface area contributed by atoms with E-state index in [1.807, 2.05) is 35.2 Å². The van der Waals surface area contributed by atoms with Gasteiger partial charge in [-0.05, 0) is 25.0 Å². The first-order chi connectivity index (χ1) is 10.2. The quantitative estimate of drug-likeness (QED) is 0.888. The van der Waals surface area contributed by atoms with Crippen molar-refractivity contribution in [2.75, 3.05) is 13.1 Å². The molecule has 2 rings (SSSR count). The van der Waals surface area contributed by atoms with Gasteiger partial charge in [0.25, 0.3) is 5.91 Å². The molecule has 1 aromatic carbocycles.